The van der Waals surface area contributed by atoms with E-state index in [1.165, 1.54) is 0 Å². The van der Waals surface area contributed by atoms with Gasteiger partial charge in [0.05, 0.1) is 0 Å². The molecular weight excluding hydrogens is 443 g/mol. The number of hydrogen-bond donors (Lipinski definition) is 0. The van der Waals surface area contributed by atoms with Gasteiger partial charge < -0.3 is 9.47 Å². The van der Waals surface area contributed by atoms with E-state index in [0.717, 1.165) is 14.7 Å². The van der Waals surface area contributed by atoms with Gasteiger partial charge in [0.1, 0.15) is 0 Å². The highest BCUT2D eigenvalue weighted by Gasteiger charge is 2.43. The molecule has 0 unspecified atom stereocenters. The van der Waals surface area contributed by atoms with Gasteiger partial charge in [-0.05, 0) is 29.2 Å². The highest BCUT2D eigenvalue weighted by Crippen LogP contribution is 2.29. The molecule has 4 nitrogen and oxygen atoms in total. The Morgan fingerprint density at radius 1 is 0.885 bits per heavy atom. The van der Waals surface area contributed by atoms with Gasteiger partial charge in [-0.15, -0.1) is 0 Å². The second-order valence-corrected chi connectivity index (χ2v) is 9.66. The van der Waals surface area contributed by atoms with Gasteiger partial charge in [-0.25, -0.2) is 9.59 Å². The van der Waals surface area contributed by atoms with Crippen LogP contribution in [0, 0.1) is 9.49 Å². The van der Waals surface area contributed by atoms with Crippen LogP contribution in [0.5, 0.6) is 0 Å². The summed E-state index contributed by atoms with van der Waals surface area (Å²) in [6.07, 6.45) is 0.488. The summed E-state index contributed by atoms with van der Waals surface area (Å²) in [4.78, 5) is 24.7. The van der Waals surface area contributed by atoms with Crippen LogP contribution in [0.4, 0.5) is 0 Å². The van der Waals surface area contributed by atoms with Gasteiger partial charge in [-0.3, -0.25) is 0 Å². The number of ether oxygens (including phenoxy) is 2. The maximum atomic E-state index is 12.4. The lowest BCUT2D eigenvalue weighted by Crippen LogP contribution is -2.48. The van der Waals surface area contributed by atoms with Crippen LogP contribution in [0.25, 0.3) is 11.1 Å². The molecule has 0 atom stereocenters. The first-order chi connectivity index (χ1) is 12.4. The van der Waals surface area contributed by atoms with Gasteiger partial charge >= 0.3 is 11.9 Å². The van der Waals surface area contributed by atoms with Crippen molar-refractivity contribution in [3.8, 4) is 11.1 Å². The largest absolute Gasteiger partial charge is 0.419 e. The highest BCUT2D eigenvalue weighted by molar-refractivity contribution is 14.2. The predicted molar refractivity (Wildman–Crippen MR) is 110 cm³/mol. The second kappa shape index (κ2) is 7.70. The highest BCUT2D eigenvalue weighted by atomic mass is 127. The molecule has 26 heavy (non-hydrogen) atoms. The molecule has 0 aromatic heterocycles. The Morgan fingerprint density at radius 3 is 1.96 bits per heavy atom. The Kier molecular flexibility index (Phi) is 5.55. The minimum absolute atomic E-state index is 0.150. The number of esters is 2. The number of hydrogen-bond acceptors (Lipinski definition) is 4. The van der Waals surface area contributed by atoms with Crippen molar-refractivity contribution in [3.05, 3.63) is 58.2 Å². The molecule has 0 aliphatic carbocycles. The first kappa shape index (κ1) is 18.8. The van der Waals surface area contributed by atoms with Crippen LogP contribution in [0.15, 0.2) is 54.6 Å². The molecule has 0 saturated carbocycles. The molecule has 1 saturated heterocycles. The Balaban J connectivity index is 1.80. The van der Waals surface area contributed by atoms with Crippen molar-refractivity contribution in [2.45, 2.75) is 33.0 Å². The number of benzene rings is 2. The first-order valence-electron chi connectivity index (χ1n) is 8.50. The lowest BCUT2D eigenvalue weighted by Gasteiger charge is -2.34. The molecule has 1 aliphatic heterocycles. The summed E-state index contributed by atoms with van der Waals surface area (Å²) < 4.78 is 12.0. The average molecular weight is 464 g/mol. The Hall–Kier alpha value is -2.02. The summed E-state index contributed by atoms with van der Waals surface area (Å²) in [5.74, 6) is -1.98. The van der Waals surface area contributed by atoms with Crippen LogP contribution in [0.2, 0.25) is 0 Å². The van der Waals surface area contributed by atoms with E-state index in [1.54, 1.807) is 6.92 Å². The van der Waals surface area contributed by atoms with E-state index in [-0.39, 0.29) is 9.43 Å². The van der Waals surface area contributed by atoms with Crippen molar-refractivity contribution in [1.82, 2.24) is 0 Å². The van der Waals surface area contributed by atoms with E-state index in [9.17, 15) is 9.59 Å². The quantitative estimate of drug-likeness (QED) is 0.493. The molecule has 0 N–H and O–H groups in total. The lowest BCUT2D eigenvalue weighted by atomic mass is 10.0. The zero-order valence-electron chi connectivity index (χ0n) is 15.0. The average Bonchev–Trinajstić information content (AvgIpc) is 2.58. The van der Waals surface area contributed by atoms with E-state index in [4.69, 9.17) is 9.47 Å². The SMILES string of the molecule is CC(C)CC1(C)OC(=O)C(=Ic2ccc(-c3ccccc3)cc2)C(=O)O1. The van der Waals surface area contributed by atoms with Gasteiger partial charge in [0.2, 0.25) is 0 Å². The predicted octanol–water partition coefficient (Wildman–Crippen LogP) is 4.53. The zero-order chi connectivity index (χ0) is 18.7. The zero-order valence-corrected chi connectivity index (χ0v) is 17.1. The fraction of sp³-hybridized carbons (Fsp3) is 0.286. The van der Waals surface area contributed by atoms with Crippen molar-refractivity contribution < 1.29 is 19.1 Å². The molecule has 2 aromatic carbocycles. The van der Waals surface area contributed by atoms with Crippen LogP contribution < -0.4 is 0 Å². The first-order valence-corrected chi connectivity index (χ1v) is 10.7. The molecule has 136 valence electrons. The standard InChI is InChI=1S/C21H21IO4/c1-14(2)13-21(3)25-19(23)18(20(24)26-21)22-17-11-9-16(10-12-17)15-7-5-4-6-8-15/h4-12,14H,13H2,1-3H3. The van der Waals surface area contributed by atoms with E-state index < -0.39 is 38.5 Å². The third-order valence-electron chi connectivity index (χ3n) is 3.91. The van der Waals surface area contributed by atoms with Crippen LogP contribution in [-0.2, 0) is 19.1 Å². The van der Waals surface area contributed by atoms with E-state index >= 15 is 0 Å². The van der Waals surface area contributed by atoms with Crippen LogP contribution in [-0.4, -0.2) is 21.2 Å². The van der Waals surface area contributed by atoms with Crippen molar-refractivity contribution in [2.24, 2.45) is 5.92 Å². The minimum Gasteiger partial charge on any atom is -0.419 e. The Labute approximate surface area is 163 Å². The Bertz CT molecular complexity index is 818. The van der Waals surface area contributed by atoms with E-state index in [1.807, 2.05) is 68.4 Å². The van der Waals surface area contributed by atoms with Crippen molar-refractivity contribution in [1.29, 1.82) is 0 Å². The molecule has 0 bridgehead atoms. The maximum absolute atomic E-state index is 12.4. The van der Waals surface area contributed by atoms with Gasteiger partial charge in [0.25, 0.3) is 5.79 Å². The molecular formula is C21H21IO4. The summed E-state index contributed by atoms with van der Waals surface area (Å²) >= 11 is -0.953. The molecule has 1 fully saturated rings. The summed E-state index contributed by atoms with van der Waals surface area (Å²) in [5.41, 5.74) is 2.23. The third-order valence-corrected chi connectivity index (χ3v) is 6.67. The molecule has 1 aliphatic rings. The Morgan fingerprint density at radius 2 is 1.42 bits per heavy atom. The second-order valence-electron chi connectivity index (χ2n) is 6.79. The normalized spacial score (nSPS) is 20.1. The summed E-state index contributed by atoms with van der Waals surface area (Å²) in [5, 5.41) is 0. The number of cyclic esters (lactones) is 2. The number of rotatable bonds is 4. The summed E-state index contributed by atoms with van der Waals surface area (Å²) in [6, 6.07) is 18.0. The summed E-state index contributed by atoms with van der Waals surface area (Å²) in [7, 11) is 0. The molecule has 0 radical (unpaired) electrons. The minimum atomic E-state index is -1.16. The number of halogens is 1. The maximum Gasteiger partial charge on any atom is 0.354 e. The topological polar surface area (TPSA) is 52.6 Å². The van der Waals surface area contributed by atoms with Gasteiger partial charge in [0.15, 0.2) is 3.51 Å². The van der Waals surface area contributed by atoms with Crippen LogP contribution >= 0.6 is 20.7 Å². The molecule has 5 heteroatoms. The molecule has 0 amide bonds. The van der Waals surface area contributed by atoms with E-state index in [0.29, 0.717) is 6.42 Å². The molecule has 2 aromatic rings. The van der Waals surface area contributed by atoms with E-state index in [2.05, 4.69) is 0 Å². The van der Waals surface area contributed by atoms with Gasteiger partial charge in [-0.1, -0.05) is 77.0 Å². The molecule has 1 heterocycles. The molecule has 0 spiro atoms. The van der Waals surface area contributed by atoms with Crippen molar-refractivity contribution >= 4 is 36.2 Å². The van der Waals surface area contributed by atoms with Gasteiger partial charge in [-0.2, -0.15) is 0 Å². The smallest absolute Gasteiger partial charge is 0.354 e. The monoisotopic (exact) mass is 464 g/mol. The van der Waals surface area contributed by atoms with Crippen LogP contribution in [0.1, 0.15) is 27.2 Å². The third kappa shape index (κ3) is 4.38. The molecule has 3 rings (SSSR count). The van der Waals surface area contributed by atoms with Crippen molar-refractivity contribution in [2.75, 3.05) is 0 Å². The fourth-order valence-corrected chi connectivity index (χ4v) is 4.94. The number of carbonyl (C=O) groups excluding carboxylic acids is 2. The fourth-order valence-electron chi connectivity index (χ4n) is 2.93. The van der Waals surface area contributed by atoms with Crippen molar-refractivity contribution in [3.63, 3.8) is 0 Å². The summed E-state index contributed by atoms with van der Waals surface area (Å²) in [6.45, 7) is 5.63. The van der Waals surface area contributed by atoms with Crippen LogP contribution in [0.3, 0.4) is 0 Å². The van der Waals surface area contributed by atoms with Gasteiger partial charge in [0, 0.05) is 16.9 Å². The lowest BCUT2D eigenvalue weighted by molar-refractivity contribution is -0.225. The number of carbonyl (C=O) groups is 2.